The van der Waals surface area contributed by atoms with Gasteiger partial charge in [-0.05, 0) is 0 Å². The molecule has 16 heavy (non-hydrogen) atoms. The lowest BCUT2D eigenvalue weighted by atomic mass is 9.98. The Morgan fingerprint density at radius 1 is 1.31 bits per heavy atom. The van der Waals surface area contributed by atoms with E-state index in [4.69, 9.17) is 30.6 Å². The maximum absolute atomic E-state index is 9.20. The number of aliphatic carboxylic acids is 1. The number of hydrogen-bond donors (Lipinski definition) is 6. The highest BCUT2D eigenvalue weighted by molar-refractivity contribution is 5.62. The minimum Gasteiger partial charge on any atom is -0.481 e. The van der Waals surface area contributed by atoms with Crippen LogP contribution in [0.3, 0.4) is 0 Å². The van der Waals surface area contributed by atoms with Crippen molar-refractivity contribution < 1.29 is 35.1 Å². The SMILES string of the molecule is CC(=O)O.N[C@@H]1[C@@H](O)[C@H](O)[C@@H](CO)O[C@H]1O. The molecule has 0 amide bonds. The van der Waals surface area contributed by atoms with Crippen molar-refractivity contribution in [3.63, 3.8) is 0 Å². The van der Waals surface area contributed by atoms with E-state index < -0.39 is 43.2 Å². The second-order valence-corrected chi connectivity index (χ2v) is 3.33. The minimum absolute atomic E-state index is 0.470. The summed E-state index contributed by atoms with van der Waals surface area (Å²) in [5, 5.41) is 43.5. The Morgan fingerprint density at radius 3 is 2.12 bits per heavy atom. The fourth-order valence-electron chi connectivity index (χ4n) is 1.12. The van der Waals surface area contributed by atoms with E-state index in [0.717, 1.165) is 6.92 Å². The molecule has 1 aliphatic rings. The maximum atomic E-state index is 9.20. The summed E-state index contributed by atoms with van der Waals surface area (Å²) in [6.45, 7) is 0.613. The van der Waals surface area contributed by atoms with Crippen molar-refractivity contribution in [3.05, 3.63) is 0 Å². The summed E-state index contributed by atoms with van der Waals surface area (Å²) < 4.78 is 4.70. The van der Waals surface area contributed by atoms with Gasteiger partial charge in [0.25, 0.3) is 5.97 Å². The average Bonchev–Trinajstić information content (AvgIpc) is 2.19. The molecule has 7 N–H and O–H groups in total. The van der Waals surface area contributed by atoms with Crippen LogP contribution < -0.4 is 5.73 Å². The fourth-order valence-corrected chi connectivity index (χ4v) is 1.12. The molecule has 0 radical (unpaired) electrons. The maximum Gasteiger partial charge on any atom is 0.300 e. The van der Waals surface area contributed by atoms with E-state index in [2.05, 4.69) is 0 Å². The van der Waals surface area contributed by atoms with Crippen LogP contribution in [-0.2, 0) is 9.53 Å². The van der Waals surface area contributed by atoms with Gasteiger partial charge in [-0.25, -0.2) is 0 Å². The van der Waals surface area contributed by atoms with E-state index in [9.17, 15) is 10.2 Å². The molecule has 1 aliphatic heterocycles. The molecule has 0 saturated carbocycles. The van der Waals surface area contributed by atoms with Crippen LogP contribution in [0.15, 0.2) is 0 Å². The van der Waals surface area contributed by atoms with Crippen molar-refractivity contribution in [2.24, 2.45) is 5.73 Å². The van der Waals surface area contributed by atoms with Gasteiger partial charge in [0.1, 0.15) is 18.3 Å². The molecule has 0 spiro atoms. The van der Waals surface area contributed by atoms with Gasteiger partial charge >= 0.3 is 0 Å². The molecule has 1 fully saturated rings. The number of carbonyl (C=O) groups is 1. The Hall–Kier alpha value is -0.770. The molecule has 1 rings (SSSR count). The van der Waals surface area contributed by atoms with Gasteiger partial charge in [0, 0.05) is 6.92 Å². The van der Waals surface area contributed by atoms with E-state index in [1.165, 1.54) is 0 Å². The third-order valence-corrected chi connectivity index (χ3v) is 1.95. The molecular weight excluding hydrogens is 222 g/mol. The number of carboxylic acids is 1. The Kier molecular flexibility index (Phi) is 6.41. The number of aliphatic hydroxyl groups excluding tert-OH is 4. The molecule has 8 nitrogen and oxygen atoms in total. The first-order valence-electron chi connectivity index (χ1n) is 4.56. The second-order valence-electron chi connectivity index (χ2n) is 3.33. The molecule has 0 aromatic heterocycles. The molecule has 0 aromatic carbocycles. The van der Waals surface area contributed by atoms with Crippen LogP contribution in [-0.4, -0.2) is 68.8 Å². The number of nitrogens with two attached hydrogens (primary N) is 1. The van der Waals surface area contributed by atoms with Crippen molar-refractivity contribution in [1.82, 2.24) is 0 Å². The molecule has 1 saturated heterocycles. The normalized spacial score (nSPS) is 38.5. The van der Waals surface area contributed by atoms with Crippen LogP contribution >= 0.6 is 0 Å². The van der Waals surface area contributed by atoms with E-state index in [1.54, 1.807) is 0 Å². The van der Waals surface area contributed by atoms with Crippen molar-refractivity contribution >= 4 is 5.97 Å². The van der Waals surface area contributed by atoms with Crippen LogP contribution in [0.25, 0.3) is 0 Å². The molecule has 0 aromatic rings. The number of aliphatic hydroxyl groups is 4. The minimum atomic E-state index is -1.35. The summed E-state index contributed by atoms with van der Waals surface area (Å²) in [6, 6.07) is -1.04. The average molecular weight is 239 g/mol. The zero-order valence-corrected chi connectivity index (χ0v) is 8.72. The summed E-state index contributed by atoms with van der Waals surface area (Å²) >= 11 is 0. The zero-order valence-electron chi connectivity index (χ0n) is 8.72. The summed E-state index contributed by atoms with van der Waals surface area (Å²) in [5.41, 5.74) is 5.26. The van der Waals surface area contributed by atoms with Crippen LogP contribution in [0.1, 0.15) is 6.92 Å². The van der Waals surface area contributed by atoms with Gasteiger partial charge in [-0.2, -0.15) is 0 Å². The topological polar surface area (TPSA) is 153 Å². The summed E-state index contributed by atoms with van der Waals surface area (Å²) in [6.07, 6.45) is -4.85. The van der Waals surface area contributed by atoms with Crippen molar-refractivity contribution in [2.45, 2.75) is 37.6 Å². The third-order valence-electron chi connectivity index (χ3n) is 1.95. The smallest absolute Gasteiger partial charge is 0.300 e. The Morgan fingerprint density at radius 2 is 1.75 bits per heavy atom. The zero-order chi connectivity index (χ0) is 12.9. The van der Waals surface area contributed by atoms with E-state index in [-0.39, 0.29) is 0 Å². The molecule has 8 heteroatoms. The molecule has 0 unspecified atom stereocenters. The van der Waals surface area contributed by atoms with Crippen LogP contribution in [0.5, 0.6) is 0 Å². The first kappa shape index (κ1) is 15.2. The molecule has 0 bridgehead atoms. The number of rotatable bonds is 1. The van der Waals surface area contributed by atoms with Crippen LogP contribution in [0.4, 0.5) is 0 Å². The van der Waals surface area contributed by atoms with Gasteiger partial charge in [0.2, 0.25) is 0 Å². The standard InChI is InChI=1S/C6H13NO5.C2H4O2/c7-3-5(10)4(9)2(1-8)12-6(3)11;1-2(3)4/h2-6,8-11H,1,7H2;1H3,(H,3,4)/t2-,3-,4-,5-,6-;/m1./s1. The monoisotopic (exact) mass is 239 g/mol. The molecule has 1 heterocycles. The predicted octanol–water partition coefficient (Wildman–Crippen LogP) is -3.16. The summed E-state index contributed by atoms with van der Waals surface area (Å²) in [5.74, 6) is -0.833. The van der Waals surface area contributed by atoms with Gasteiger partial charge in [-0.15, -0.1) is 0 Å². The Balaban J connectivity index is 0.000000487. The predicted molar refractivity (Wildman–Crippen MR) is 51.3 cm³/mol. The first-order chi connectivity index (χ1) is 7.31. The highest BCUT2D eigenvalue weighted by atomic mass is 16.6. The molecule has 0 aliphatic carbocycles. The number of hydrogen-bond acceptors (Lipinski definition) is 7. The first-order valence-corrected chi connectivity index (χ1v) is 4.56. The van der Waals surface area contributed by atoms with Crippen molar-refractivity contribution in [1.29, 1.82) is 0 Å². The Bertz CT molecular complexity index is 216. The summed E-state index contributed by atoms with van der Waals surface area (Å²) in [4.78, 5) is 9.00. The van der Waals surface area contributed by atoms with Gasteiger partial charge in [-0.3, -0.25) is 4.79 Å². The largest absolute Gasteiger partial charge is 0.481 e. The highest BCUT2D eigenvalue weighted by Crippen LogP contribution is 2.17. The van der Waals surface area contributed by atoms with E-state index in [0.29, 0.717) is 0 Å². The highest BCUT2D eigenvalue weighted by Gasteiger charge is 2.41. The third kappa shape index (κ3) is 4.39. The van der Waals surface area contributed by atoms with Crippen molar-refractivity contribution in [2.75, 3.05) is 6.61 Å². The molecular formula is C8H17NO7. The number of carboxylic acid groups (broad SMARTS) is 1. The lowest BCUT2D eigenvalue weighted by Crippen LogP contribution is -2.61. The van der Waals surface area contributed by atoms with E-state index in [1.807, 2.05) is 0 Å². The molecule has 96 valence electrons. The lowest BCUT2D eigenvalue weighted by Gasteiger charge is -2.38. The van der Waals surface area contributed by atoms with Crippen molar-refractivity contribution in [3.8, 4) is 0 Å². The van der Waals surface area contributed by atoms with E-state index >= 15 is 0 Å². The van der Waals surface area contributed by atoms with Gasteiger partial charge < -0.3 is 36.0 Å². The summed E-state index contributed by atoms with van der Waals surface area (Å²) in [7, 11) is 0. The number of ether oxygens (including phenoxy) is 1. The van der Waals surface area contributed by atoms with Crippen LogP contribution in [0.2, 0.25) is 0 Å². The van der Waals surface area contributed by atoms with Gasteiger partial charge in [-0.1, -0.05) is 0 Å². The van der Waals surface area contributed by atoms with Gasteiger partial charge in [0.05, 0.1) is 12.6 Å². The second kappa shape index (κ2) is 6.74. The lowest BCUT2D eigenvalue weighted by molar-refractivity contribution is -0.248. The fraction of sp³-hybridized carbons (Fsp3) is 0.875. The molecule has 5 atom stereocenters. The quantitative estimate of drug-likeness (QED) is 0.280. The van der Waals surface area contributed by atoms with Gasteiger partial charge in [0.15, 0.2) is 6.29 Å². The van der Waals surface area contributed by atoms with Crippen LogP contribution in [0, 0.1) is 0 Å². The Labute approximate surface area is 91.9 Å².